The van der Waals surface area contributed by atoms with E-state index in [0.717, 1.165) is 17.7 Å². The maximum atomic E-state index is 11.0. The quantitative estimate of drug-likeness (QED) is 0.312. The molecular weight excluding hydrogens is 240 g/mol. The number of nitrogens with two attached hydrogens (primary N) is 1. The van der Waals surface area contributed by atoms with Crippen LogP contribution in [0.5, 0.6) is 0 Å². The van der Waals surface area contributed by atoms with Crippen molar-refractivity contribution in [2.24, 2.45) is 5.73 Å². The van der Waals surface area contributed by atoms with Gasteiger partial charge in [-0.1, -0.05) is 13.3 Å². The highest BCUT2D eigenvalue weighted by atomic mass is 16.5. The Morgan fingerprint density at radius 3 is 2.11 bits per heavy atom. The second-order valence-electron chi connectivity index (χ2n) is 4.17. The summed E-state index contributed by atoms with van der Waals surface area (Å²) in [5.41, 5.74) is 5.02. The Labute approximate surface area is 107 Å². The fraction of sp³-hybridized carbons (Fsp3) is 0.909. The fourth-order valence-corrected chi connectivity index (χ4v) is 1.57. The maximum Gasteiger partial charge on any atom is 0.250 e. The average Bonchev–Trinajstić information content (AvgIpc) is 2.25. The van der Waals surface area contributed by atoms with E-state index in [1.165, 1.54) is 13.8 Å². The lowest BCUT2D eigenvalue weighted by Crippen LogP contribution is -2.57. The highest BCUT2D eigenvalue weighted by Crippen LogP contribution is 2.14. The van der Waals surface area contributed by atoms with Gasteiger partial charge >= 0.3 is 0 Å². The summed E-state index contributed by atoms with van der Waals surface area (Å²) in [4.78, 5) is 12.1. The molecule has 4 atom stereocenters. The lowest BCUT2D eigenvalue weighted by atomic mass is 10.2. The van der Waals surface area contributed by atoms with Crippen molar-refractivity contribution in [1.29, 1.82) is 0 Å². The monoisotopic (exact) mass is 264 g/mol. The van der Waals surface area contributed by atoms with Gasteiger partial charge in [0.25, 0.3) is 0 Å². The molecule has 0 rings (SSSR count). The Hall–Kier alpha value is -0.730. The summed E-state index contributed by atoms with van der Waals surface area (Å²) in [6.07, 6.45) is -3.37. The van der Waals surface area contributed by atoms with Crippen LogP contribution in [0.15, 0.2) is 0 Å². The summed E-state index contributed by atoms with van der Waals surface area (Å²) >= 11 is 0. The molecule has 5 N–H and O–H groups in total. The largest absolute Gasteiger partial charge is 0.379 e. The Balaban J connectivity index is 4.85. The standard InChI is InChI=1S/C11H24N2O5/c1-4-5-6-18-11(9(16)10(12)17)13(7(2)14)8(3)15/h7-9,11,14-16H,4-6H2,1-3H3,(H2,12,17). The molecule has 0 aliphatic rings. The third-order valence-electron chi connectivity index (χ3n) is 2.50. The van der Waals surface area contributed by atoms with Crippen molar-refractivity contribution >= 4 is 5.91 Å². The Kier molecular flexibility index (Phi) is 8.05. The van der Waals surface area contributed by atoms with E-state index in [9.17, 15) is 20.1 Å². The molecule has 0 aromatic carbocycles. The van der Waals surface area contributed by atoms with Crippen LogP contribution in [0.4, 0.5) is 0 Å². The zero-order valence-electron chi connectivity index (χ0n) is 11.1. The first-order valence-corrected chi connectivity index (χ1v) is 6.05. The van der Waals surface area contributed by atoms with Gasteiger partial charge in [0.1, 0.15) is 18.7 Å². The van der Waals surface area contributed by atoms with Gasteiger partial charge < -0.3 is 25.8 Å². The summed E-state index contributed by atoms with van der Waals surface area (Å²) in [7, 11) is 0. The topological polar surface area (TPSA) is 116 Å². The van der Waals surface area contributed by atoms with Gasteiger partial charge in [-0.2, -0.15) is 0 Å². The number of aliphatic hydroxyl groups is 3. The molecule has 7 heteroatoms. The van der Waals surface area contributed by atoms with Crippen LogP contribution in [0.2, 0.25) is 0 Å². The van der Waals surface area contributed by atoms with Gasteiger partial charge in [-0.3, -0.25) is 4.79 Å². The normalized spacial score (nSPS) is 18.4. The highest BCUT2D eigenvalue weighted by Gasteiger charge is 2.35. The second-order valence-corrected chi connectivity index (χ2v) is 4.17. The molecule has 7 nitrogen and oxygen atoms in total. The van der Waals surface area contributed by atoms with E-state index in [4.69, 9.17) is 10.5 Å². The molecule has 4 unspecified atom stereocenters. The molecule has 0 saturated heterocycles. The second kappa shape index (κ2) is 8.39. The molecule has 0 saturated carbocycles. The molecule has 0 spiro atoms. The third kappa shape index (κ3) is 5.28. The summed E-state index contributed by atoms with van der Waals surface area (Å²) in [5, 5.41) is 28.8. The van der Waals surface area contributed by atoms with Crippen molar-refractivity contribution < 1.29 is 24.9 Å². The molecule has 0 aliphatic heterocycles. The summed E-state index contributed by atoms with van der Waals surface area (Å²) < 4.78 is 5.35. The third-order valence-corrected chi connectivity index (χ3v) is 2.50. The van der Waals surface area contributed by atoms with E-state index >= 15 is 0 Å². The molecule has 0 bridgehead atoms. The zero-order valence-corrected chi connectivity index (χ0v) is 11.1. The minimum atomic E-state index is -1.62. The van der Waals surface area contributed by atoms with E-state index in [1.807, 2.05) is 6.92 Å². The number of carbonyl (C=O) groups is 1. The van der Waals surface area contributed by atoms with E-state index in [2.05, 4.69) is 0 Å². The summed E-state index contributed by atoms with van der Waals surface area (Å²) in [6.45, 7) is 5.05. The molecule has 0 aliphatic carbocycles. The van der Waals surface area contributed by atoms with Gasteiger partial charge in [0.15, 0.2) is 6.10 Å². The predicted molar refractivity (Wildman–Crippen MR) is 65.0 cm³/mol. The van der Waals surface area contributed by atoms with Crippen LogP contribution in [-0.2, 0) is 9.53 Å². The number of hydrogen-bond acceptors (Lipinski definition) is 6. The molecule has 0 radical (unpaired) electrons. The molecule has 0 fully saturated rings. The van der Waals surface area contributed by atoms with Gasteiger partial charge in [0.2, 0.25) is 5.91 Å². The predicted octanol–water partition coefficient (Wildman–Crippen LogP) is -1.05. The van der Waals surface area contributed by atoms with Gasteiger partial charge in [-0.05, 0) is 20.3 Å². The molecule has 108 valence electrons. The summed E-state index contributed by atoms with van der Waals surface area (Å²) in [5.74, 6) is -0.970. The lowest BCUT2D eigenvalue weighted by Gasteiger charge is -2.37. The zero-order chi connectivity index (χ0) is 14.3. The minimum Gasteiger partial charge on any atom is -0.379 e. The van der Waals surface area contributed by atoms with Crippen LogP contribution in [0, 0.1) is 0 Å². The first-order chi connectivity index (χ1) is 8.32. The van der Waals surface area contributed by atoms with Crippen LogP contribution in [-0.4, -0.2) is 57.5 Å². The van der Waals surface area contributed by atoms with Crippen LogP contribution >= 0.6 is 0 Å². The first kappa shape index (κ1) is 17.3. The Morgan fingerprint density at radius 1 is 1.28 bits per heavy atom. The number of amides is 1. The van der Waals surface area contributed by atoms with E-state index in [0.29, 0.717) is 6.61 Å². The molecule has 0 aromatic rings. The van der Waals surface area contributed by atoms with Crippen LogP contribution < -0.4 is 5.73 Å². The van der Waals surface area contributed by atoms with Crippen molar-refractivity contribution in [2.75, 3.05) is 6.61 Å². The van der Waals surface area contributed by atoms with Crippen molar-refractivity contribution in [3.8, 4) is 0 Å². The number of nitrogens with zero attached hydrogens (tertiary/aromatic N) is 1. The number of ether oxygens (including phenoxy) is 1. The minimum absolute atomic E-state index is 0.293. The maximum absolute atomic E-state index is 11.0. The van der Waals surface area contributed by atoms with Crippen molar-refractivity contribution in [1.82, 2.24) is 4.90 Å². The molecular formula is C11H24N2O5. The van der Waals surface area contributed by atoms with Gasteiger partial charge in [-0.15, -0.1) is 0 Å². The Bertz CT molecular complexity index is 240. The number of hydrogen-bond donors (Lipinski definition) is 4. The van der Waals surface area contributed by atoms with Gasteiger partial charge in [0, 0.05) is 6.61 Å². The number of unbranched alkanes of at least 4 members (excludes halogenated alkanes) is 1. The molecule has 0 aromatic heterocycles. The van der Waals surface area contributed by atoms with E-state index in [1.54, 1.807) is 0 Å². The number of aliphatic hydroxyl groups excluding tert-OH is 3. The number of rotatable bonds is 9. The fourth-order valence-electron chi connectivity index (χ4n) is 1.57. The van der Waals surface area contributed by atoms with Gasteiger partial charge in [0.05, 0.1) is 0 Å². The summed E-state index contributed by atoms with van der Waals surface area (Å²) in [6, 6.07) is 0. The van der Waals surface area contributed by atoms with Crippen LogP contribution in [0.3, 0.4) is 0 Å². The van der Waals surface area contributed by atoms with Crippen molar-refractivity contribution in [3.63, 3.8) is 0 Å². The number of carbonyl (C=O) groups excluding carboxylic acids is 1. The number of primary amides is 1. The SMILES string of the molecule is CCCCOC(C(O)C(N)=O)N(C(C)O)C(C)O. The van der Waals surface area contributed by atoms with E-state index < -0.39 is 30.7 Å². The molecule has 1 amide bonds. The average molecular weight is 264 g/mol. The van der Waals surface area contributed by atoms with Gasteiger partial charge in [-0.25, -0.2) is 4.90 Å². The molecule has 18 heavy (non-hydrogen) atoms. The van der Waals surface area contributed by atoms with Crippen molar-refractivity contribution in [2.45, 2.75) is 58.4 Å². The smallest absolute Gasteiger partial charge is 0.250 e. The highest BCUT2D eigenvalue weighted by molar-refractivity contribution is 5.79. The van der Waals surface area contributed by atoms with E-state index in [-0.39, 0.29) is 0 Å². The van der Waals surface area contributed by atoms with Crippen LogP contribution in [0.1, 0.15) is 33.6 Å². The molecule has 0 heterocycles. The first-order valence-electron chi connectivity index (χ1n) is 6.05. The van der Waals surface area contributed by atoms with Crippen LogP contribution in [0.25, 0.3) is 0 Å². The van der Waals surface area contributed by atoms with Crippen molar-refractivity contribution in [3.05, 3.63) is 0 Å². The Morgan fingerprint density at radius 2 is 1.78 bits per heavy atom. The lowest BCUT2D eigenvalue weighted by molar-refractivity contribution is -0.216.